The Balaban J connectivity index is 0.00000317. The van der Waals surface area contributed by atoms with Crippen molar-refractivity contribution in [3.63, 3.8) is 0 Å². The standard InChI is InChI=1S/C51H66N6O6.5H2O/c1-49(2,3)40-19-34-25-58-27-36-21-41(50(4,5)6)23-38(47(36)62-32-44-53-14-17-56(44)11)29-60-30-39-24-42(51(7,8)9)22-37(48(39)63-33-45-54-15-18-57(45)12)28-59-26-35(20-40)46(34)61-31-43-52-13-16-55(43)10;;;;;/h13-24H,25-33H2,1-12H3;5*1H2. The van der Waals surface area contributed by atoms with Gasteiger partial charge in [-0.1, -0.05) is 62.3 Å². The molecule has 0 fully saturated rings. The Hall–Kier alpha value is -5.63. The molecule has 0 spiro atoms. The summed E-state index contributed by atoms with van der Waals surface area (Å²) in [5.41, 5.74) is 8.55. The molecule has 17 nitrogen and oxygen atoms in total. The molecule has 0 radical (unpaired) electrons. The Kier molecular flexibility index (Phi) is 20.7. The van der Waals surface area contributed by atoms with Crippen LogP contribution in [0, 0.1) is 0 Å². The van der Waals surface area contributed by atoms with Gasteiger partial charge in [0.2, 0.25) is 0 Å². The maximum absolute atomic E-state index is 6.76. The van der Waals surface area contributed by atoms with Crippen molar-refractivity contribution < 1.29 is 55.8 Å². The summed E-state index contributed by atoms with van der Waals surface area (Å²) in [5.74, 6) is 4.62. The van der Waals surface area contributed by atoms with Gasteiger partial charge in [0, 0.05) is 91.7 Å². The second-order valence-electron chi connectivity index (χ2n) is 19.8. The molecule has 1 aliphatic rings. The Labute approximate surface area is 400 Å². The molecule has 6 bridgehead atoms. The van der Waals surface area contributed by atoms with E-state index in [1.165, 1.54) is 0 Å². The summed E-state index contributed by atoms with van der Waals surface area (Å²) < 4.78 is 46.5. The van der Waals surface area contributed by atoms with Crippen LogP contribution in [0.3, 0.4) is 0 Å². The van der Waals surface area contributed by atoms with Gasteiger partial charge in [-0.2, -0.15) is 0 Å². The minimum Gasteiger partial charge on any atom is -0.485 e. The van der Waals surface area contributed by atoms with Gasteiger partial charge in [0.1, 0.15) is 54.5 Å². The second kappa shape index (κ2) is 24.1. The molecule has 0 unspecified atom stereocenters. The minimum atomic E-state index is -0.164. The van der Waals surface area contributed by atoms with E-state index in [0.717, 1.165) is 84.8 Å². The van der Waals surface area contributed by atoms with E-state index in [-0.39, 0.29) is 63.4 Å². The van der Waals surface area contributed by atoms with E-state index in [9.17, 15) is 0 Å². The monoisotopic (exact) mass is 949 g/mol. The van der Waals surface area contributed by atoms with Gasteiger partial charge in [-0.3, -0.25) is 0 Å². The van der Waals surface area contributed by atoms with Crippen molar-refractivity contribution in [2.24, 2.45) is 21.1 Å². The molecule has 0 amide bonds. The van der Waals surface area contributed by atoms with Crippen molar-refractivity contribution in [1.29, 1.82) is 0 Å². The van der Waals surface area contributed by atoms with E-state index in [1.807, 2.05) is 53.4 Å². The lowest BCUT2D eigenvalue weighted by Crippen LogP contribution is -2.17. The summed E-state index contributed by atoms with van der Waals surface area (Å²) in [7, 11) is 5.93. The summed E-state index contributed by atoms with van der Waals surface area (Å²) in [6.07, 6.45) is 11.1. The van der Waals surface area contributed by atoms with Crippen LogP contribution < -0.4 is 14.2 Å². The van der Waals surface area contributed by atoms with Gasteiger partial charge in [-0.15, -0.1) is 0 Å². The first-order chi connectivity index (χ1) is 29.8. The summed E-state index contributed by atoms with van der Waals surface area (Å²) >= 11 is 0. The van der Waals surface area contributed by atoms with Crippen LogP contribution in [-0.2, 0) is 111 Å². The molecule has 17 heteroatoms. The average molecular weight is 949 g/mol. The number of hydrogen-bond donors (Lipinski definition) is 0. The predicted octanol–water partition coefficient (Wildman–Crippen LogP) is 5.86. The Morgan fingerprint density at radius 2 is 0.603 bits per heavy atom. The molecule has 3 aromatic heterocycles. The normalized spacial score (nSPS) is 13.2. The largest absolute Gasteiger partial charge is 0.485 e. The average Bonchev–Trinajstić information content (AvgIpc) is 3.95. The molecular weight excluding hydrogens is 873 g/mol. The van der Waals surface area contributed by atoms with Crippen molar-refractivity contribution in [3.8, 4) is 17.2 Å². The molecule has 3 aromatic carbocycles. The number of fused-ring (bicyclic) bond motifs is 6. The van der Waals surface area contributed by atoms with Gasteiger partial charge >= 0.3 is 0 Å². The Morgan fingerprint density at radius 3 is 0.765 bits per heavy atom. The minimum absolute atomic E-state index is 0. The summed E-state index contributed by atoms with van der Waals surface area (Å²) in [6, 6.07) is 13.3. The summed E-state index contributed by atoms with van der Waals surface area (Å²) in [4.78, 5) is 13.7. The number of aryl methyl sites for hydroxylation is 3. The summed E-state index contributed by atoms with van der Waals surface area (Å²) in [6.45, 7) is 22.6. The second-order valence-corrected chi connectivity index (χ2v) is 19.8. The zero-order valence-corrected chi connectivity index (χ0v) is 41.9. The highest BCUT2D eigenvalue weighted by atomic mass is 16.5. The van der Waals surface area contributed by atoms with Crippen molar-refractivity contribution in [2.75, 3.05) is 0 Å². The third-order valence-electron chi connectivity index (χ3n) is 11.7. The first kappa shape index (κ1) is 58.5. The van der Waals surface area contributed by atoms with E-state index >= 15 is 0 Å². The maximum atomic E-state index is 6.76. The molecule has 68 heavy (non-hydrogen) atoms. The quantitative estimate of drug-likeness (QED) is 0.168. The van der Waals surface area contributed by atoms with Crippen molar-refractivity contribution >= 4 is 0 Å². The molecule has 376 valence electrons. The van der Waals surface area contributed by atoms with E-state index in [2.05, 4.69) is 114 Å². The highest BCUT2D eigenvalue weighted by molar-refractivity contribution is 5.49. The first-order valence-electron chi connectivity index (χ1n) is 21.8. The van der Waals surface area contributed by atoms with Gasteiger partial charge in [-0.25, -0.2) is 15.0 Å². The van der Waals surface area contributed by atoms with Crippen LogP contribution in [0.25, 0.3) is 0 Å². The lowest BCUT2D eigenvalue weighted by molar-refractivity contribution is 0.0890. The molecule has 0 atom stereocenters. The first-order valence-corrected chi connectivity index (χ1v) is 21.8. The number of rotatable bonds is 9. The topological polar surface area (TPSA) is 266 Å². The highest BCUT2D eigenvalue weighted by Crippen LogP contribution is 2.39. The third kappa shape index (κ3) is 14.0. The molecule has 4 heterocycles. The SMILES string of the molecule is Cn1ccnc1COc1c2cc(C(C)(C)C)cc1COCc1cc(C(C)(C)C)cc(c1OCc1nccn1C)COCc1cc(C(C)(C)C)cc(c1OCc1nccn1C)COC2.O.O.O.O.O. The van der Waals surface area contributed by atoms with Crippen molar-refractivity contribution in [2.45, 2.75) is 138 Å². The maximum Gasteiger partial charge on any atom is 0.146 e. The zero-order chi connectivity index (χ0) is 45.1. The van der Waals surface area contributed by atoms with Gasteiger partial charge in [0.25, 0.3) is 0 Å². The van der Waals surface area contributed by atoms with Crippen LogP contribution in [0.5, 0.6) is 17.2 Å². The molecule has 10 N–H and O–H groups in total. The van der Waals surface area contributed by atoms with Crippen molar-refractivity contribution in [1.82, 2.24) is 28.7 Å². The fraction of sp³-hybridized carbons (Fsp3) is 0.471. The van der Waals surface area contributed by atoms with Crippen LogP contribution in [0.4, 0.5) is 0 Å². The lowest BCUT2D eigenvalue weighted by Gasteiger charge is -2.26. The number of nitrogens with zero attached hydrogens (tertiary/aromatic N) is 6. The number of imidazole rings is 3. The summed E-state index contributed by atoms with van der Waals surface area (Å²) in [5, 5.41) is 0. The van der Waals surface area contributed by atoms with E-state index in [4.69, 9.17) is 28.4 Å². The number of benzene rings is 3. The van der Waals surface area contributed by atoms with E-state index in [1.54, 1.807) is 18.6 Å². The smallest absolute Gasteiger partial charge is 0.146 e. The van der Waals surface area contributed by atoms with E-state index < -0.39 is 0 Å². The van der Waals surface area contributed by atoms with E-state index in [0.29, 0.717) is 39.6 Å². The Bertz CT molecular complexity index is 2170. The molecule has 0 saturated heterocycles. The number of hydrogen-bond acceptors (Lipinski definition) is 9. The predicted molar refractivity (Wildman–Crippen MR) is 262 cm³/mol. The molecule has 0 saturated carbocycles. The van der Waals surface area contributed by atoms with Crippen LogP contribution in [0.2, 0.25) is 0 Å². The molecular formula is C51H76N6O11. The van der Waals surface area contributed by atoms with Gasteiger partial charge in [0.05, 0.1) is 39.6 Å². The van der Waals surface area contributed by atoms with Crippen LogP contribution in [0.1, 0.15) is 130 Å². The van der Waals surface area contributed by atoms with Crippen molar-refractivity contribution in [3.05, 3.63) is 141 Å². The fourth-order valence-corrected chi connectivity index (χ4v) is 7.59. The van der Waals surface area contributed by atoms with Crippen LogP contribution in [-0.4, -0.2) is 56.0 Å². The highest BCUT2D eigenvalue weighted by Gasteiger charge is 2.26. The molecule has 0 aliphatic carbocycles. The molecule has 7 rings (SSSR count). The van der Waals surface area contributed by atoms with Gasteiger partial charge in [-0.05, 0) is 69.3 Å². The number of ether oxygens (including phenoxy) is 6. The fourth-order valence-electron chi connectivity index (χ4n) is 7.59. The van der Waals surface area contributed by atoms with Crippen LogP contribution in [0.15, 0.2) is 73.6 Å². The zero-order valence-electron chi connectivity index (χ0n) is 41.9. The lowest BCUT2D eigenvalue weighted by atomic mass is 9.84. The van der Waals surface area contributed by atoms with Gasteiger partial charge < -0.3 is 69.5 Å². The van der Waals surface area contributed by atoms with Crippen LogP contribution >= 0.6 is 0 Å². The molecule has 6 aromatic rings. The number of aromatic nitrogens is 6. The van der Waals surface area contributed by atoms with Gasteiger partial charge in [0.15, 0.2) is 0 Å². The molecule has 1 aliphatic heterocycles. The third-order valence-corrected chi connectivity index (χ3v) is 11.7. The Morgan fingerprint density at radius 1 is 0.397 bits per heavy atom.